The highest BCUT2D eigenvalue weighted by Crippen LogP contribution is 2.20. The van der Waals surface area contributed by atoms with Gasteiger partial charge in [0.2, 0.25) is 0 Å². The molecule has 0 atom stereocenters. The molecule has 16 heavy (non-hydrogen) atoms. The second kappa shape index (κ2) is 6.85. The summed E-state index contributed by atoms with van der Waals surface area (Å²) < 4.78 is 0. The molecule has 1 aromatic heterocycles. The number of alkyl halides is 2. The minimum Gasteiger partial charge on any atom is -0.304 e. The van der Waals surface area contributed by atoms with Crippen molar-refractivity contribution in [3.8, 4) is 0 Å². The van der Waals surface area contributed by atoms with Crippen LogP contribution in [-0.4, -0.2) is 17.3 Å². The largest absolute Gasteiger partial charge is 0.304 e. The molecular formula is C12H19Cl2NS. The van der Waals surface area contributed by atoms with Crippen molar-refractivity contribution in [2.75, 3.05) is 11.8 Å². The van der Waals surface area contributed by atoms with Gasteiger partial charge in [-0.3, -0.25) is 0 Å². The molecule has 0 aliphatic carbocycles. The van der Waals surface area contributed by atoms with Crippen LogP contribution in [-0.2, 0) is 13.0 Å². The van der Waals surface area contributed by atoms with Crippen molar-refractivity contribution < 1.29 is 0 Å². The van der Waals surface area contributed by atoms with Gasteiger partial charge in [-0.25, -0.2) is 0 Å². The van der Waals surface area contributed by atoms with E-state index in [9.17, 15) is 0 Å². The van der Waals surface area contributed by atoms with E-state index in [0.29, 0.717) is 11.8 Å². The smallest absolute Gasteiger partial charge is 0.0453 e. The first kappa shape index (κ1) is 14.3. The molecule has 1 heterocycles. The third kappa shape index (κ3) is 3.63. The van der Waals surface area contributed by atoms with Crippen LogP contribution >= 0.6 is 34.5 Å². The van der Waals surface area contributed by atoms with E-state index in [0.717, 1.165) is 19.4 Å². The molecule has 0 aromatic carbocycles. The van der Waals surface area contributed by atoms with E-state index in [4.69, 9.17) is 23.2 Å². The van der Waals surface area contributed by atoms with Gasteiger partial charge in [-0.15, -0.1) is 34.5 Å². The Bertz CT molecular complexity index is 299. The molecule has 1 aromatic rings. The zero-order chi connectivity index (χ0) is 12.0. The maximum absolute atomic E-state index is 5.98. The monoisotopic (exact) mass is 279 g/mol. The SMILES string of the molecule is CCc1ccc(CNC(CC)(CCl)CCl)s1. The zero-order valence-corrected chi connectivity index (χ0v) is 12.2. The first-order valence-corrected chi connectivity index (χ1v) is 7.52. The Hall–Kier alpha value is 0.240. The molecule has 1 N–H and O–H groups in total. The fourth-order valence-electron chi connectivity index (χ4n) is 1.43. The molecule has 1 nitrogen and oxygen atoms in total. The fourth-order valence-corrected chi connectivity index (χ4v) is 3.18. The Morgan fingerprint density at radius 2 is 1.81 bits per heavy atom. The minimum absolute atomic E-state index is 0.126. The second-order valence-corrected chi connectivity index (χ2v) is 5.76. The number of hydrogen-bond donors (Lipinski definition) is 1. The summed E-state index contributed by atoms with van der Waals surface area (Å²) in [5, 5.41) is 3.48. The van der Waals surface area contributed by atoms with Crippen LogP contribution in [0.25, 0.3) is 0 Å². The summed E-state index contributed by atoms with van der Waals surface area (Å²) in [6.07, 6.45) is 2.06. The van der Waals surface area contributed by atoms with Crippen molar-refractivity contribution >= 4 is 34.5 Å². The van der Waals surface area contributed by atoms with Gasteiger partial charge < -0.3 is 5.32 Å². The highest BCUT2D eigenvalue weighted by molar-refractivity contribution is 7.11. The molecule has 4 heteroatoms. The topological polar surface area (TPSA) is 12.0 Å². The summed E-state index contributed by atoms with van der Waals surface area (Å²) in [4.78, 5) is 2.78. The van der Waals surface area contributed by atoms with E-state index in [-0.39, 0.29) is 5.54 Å². The molecule has 0 unspecified atom stereocenters. The summed E-state index contributed by atoms with van der Waals surface area (Å²) in [6.45, 7) is 5.15. The Morgan fingerprint density at radius 1 is 1.19 bits per heavy atom. The van der Waals surface area contributed by atoms with E-state index in [1.807, 2.05) is 11.3 Å². The highest BCUT2D eigenvalue weighted by atomic mass is 35.5. The number of hydrogen-bond acceptors (Lipinski definition) is 2. The van der Waals surface area contributed by atoms with Crippen molar-refractivity contribution in [1.82, 2.24) is 5.32 Å². The van der Waals surface area contributed by atoms with E-state index < -0.39 is 0 Å². The third-order valence-corrected chi connectivity index (χ3v) is 5.14. The van der Waals surface area contributed by atoms with E-state index in [1.54, 1.807) is 0 Å². The van der Waals surface area contributed by atoms with E-state index in [2.05, 4.69) is 31.3 Å². The molecule has 0 saturated carbocycles. The van der Waals surface area contributed by atoms with Crippen LogP contribution in [0.15, 0.2) is 12.1 Å². The maximum Gasteiger partial charge on any atom is 0.0453 e. The van der Waals surface area contributed by atoms with Gasteiger partial charge in [-0.05, 0) is 25.0 Å². The predicted molar refractivity (Wildman–Crippen MR) is 75.0 cm³/mol. The van der Waals surface area contributed by atoms with Gasteiger partial charge in [0.05, 0.1) is 0 Å². The van der Waals surface area contributed by atoms with Crippen LogP contribution in [0.3, 0.4) is 0 Å². The normalized spacial score (nSPS) is 12.0. The molecule has 0 aliphatic rings. The molecule has 0 saturated heterocycles. The summed E-state index contributed by atoms with van der Waals surface area (Å²) in [6, 6.07) is 4.37. The average Bonchev–Trinajstić information content (AvgIpc) is 2.80. The third-order valence-electron chi connectivity index (χ3n) is 2.89. The first-order valence-electron chi connectivity index (χ1n) is 5.64. The first-order chi connectivity index (χ1) is 7.69. The second-order valence-electron chi connectivity index (χ2n) is 3.98. The Morgan fingerprint density at radius 3 is 2.25 bits per heavy atom. The van der Waals surface area contributed by atoms with Gasteiger partial charge in [0.15, 0.2) is 0 Å². The molecule has 0 fully saturated rings. The molecule has 0 aliphatic heterocycles. The molecule has 0 spiro atoms. The Balaban J connectivity index is 2.55. The molecule has 0 amide bonds. The van der Waals surface area contributed by atoms with Gasteiger partial charge in [0, 0.05) is 33.6 Å². The van der Waals surface area contributed by atoms with Crippen LogP contribution in [0.4, 0.5) is 0 Å². The summed E-state index contributed by atoms with van der Waals surface area (Å²) in [5.41, 5.74) is -0.126. The number of nitrogens with one attached hydrogen (secondary N) is 1. The number of halogens is 2. The van der Waals surface area contributed by atoms with Crippen LogP contribution in [0.5, 0.6) is 0 Å². The number of rotatable bonds is 7. The highest BCUT2D eigenvalue weighted by Gasteiger charge is 2.25. The zero-order valence-electron chi connectivity index (χ0n) is 9.85. The van der Waals surface area contributed by atoms with Crippen molar-refractivity contribution in [2.45, 2.75) is 38.8 Å². The lowest BCUT2D eigenvalue weighted by molar-refractivity contribution is 0.386. The van der Waals surface area contributed by atoms with Gasteiger partial charge >= 0.3 is 0 Å². The van der Waals surface area contributed by atoms with Gasteiger partial charge in [0.25, 0.3) is 0 Å². The van der Waals surface area contributed by atoms with E-state index >= 15 is 0 Å². The van der Waals surface area contributed by atoms with Gasteiger partial charge in [-0.1, -0.05) is 13.8 Å². The standard InChI is InChI=1S/C12H19Cl2NS/c1-3-10-5-6-11(16-10)7-15-12(4-2,8-13)9-14/h5-6,15H,3-4,7-9H2,1-2H3. The van der Waals surface area contributed by atoms with Crippen molar-refractivity contribution in [3.05, 3.63) is 21.9 Å². The van der Waals surface area contributed by atoms with E-state index in [1.165, 1.54) is 9.75 Å². The van der Waals surface area contributed by atoms with Crippen LogP contribution < -0.4 is 5.32 Å². The van der Waals surface area contributed by atoms with Crippen LogP contribution in [0, 0.1) is 0 Å². The average molecular weight is 280 g/mol. The van der Waals surface area contributed by atoms with Gasteiger partial charge in [0.1, 0.15) is 0 Å². The lowest BCUT2D eigenvalue weighted by Crippen LogP contribution is -2.47. The maximum atomic E-state index is 5.98. The molecule has 92 valence electrons. The van der Waals surface area contributed by atoms with Crippen molar-refractivity contribution in [2.24, 2.45) is 0 Å². The molecule has 0 radical (unpaired) electrons. The summed E-state index contributed by atoms with van der Waals surface area (Å²) in [5.74, 6) is 1.11. The molecule has 0 bridgehead atoms. The molecular weight excluding hydrogens is 261 g/mol. The number of aryl methyl sites for hydroxylation is 1. The lowest BCUT2D eigenvalue weighted by Gasteiger charge is -2.29. The Kier molecular flexibility index (Phi) is 6.12. The Labute approximate surface area is 112 Å². The lowest BCUT2D eigenvalue weighted by atomic mass is 10.0. The van der Waals surface area contributed by atoms with Crippen LogP contribution in [0.2, 0.25) is 0 Å². The number of thiophene rings is 1. The molecule has 1 rings (SSSR count). The van der Waals surface area contributed by atoms with Crippen molar-refractivity contribution in [1.29, 1.82) is 0 Å². The predicted octanol–water partition coefficient (Wildman–Crippen LogP) is 4.03. The van der Waals surface area contributed by atoms with Gasteiger partial charge in [-0.2, -0.15) is 0 Å². The fraction of sp³-hybridized carbons (Fsp3) is 0.667. The minimum atomic E-state index is -0.126. The van der Waals surface area contributed by atoms with Crippen LogP contribution in [0.1, 0.15) is 30.0 Å². The van der Waals surface area contributed by atoms with Crippen molar-refractivity contribution in [3.63, 3.8) is 0 Å². The summed E-state index contributed by atoms with van der Waals surface area (Å²) >= 11 is 13.8. The summed E-state index contributed by atoms with van der Waals surface area (Å²) in [7, 11) is 0. The quantitative estimate of drug-likeness (QED) is 0.744.